The van der Waals surface area contributed by atoms with Crippen LogP contribution in [0.25, 0.3) is 0 Å². The van der Waals surface area contributed by atoms with Crippen molar-refractivity contribution in [1.29, 1.82) is 0 Å². The summed E-state index contributed by atoms with van der Waals surface area (Å²) in [4.78, 5) is 12.2. The van der Waals surface area contributed by atoms with Gasteiger partial charge in [0.05, 0.1) is 11.6 Å². The van der Waals surface area contributed by atoms with Crippen LogP contribution < -0.4 is 5.73 Å². The summed E-state index contributed by atoms with van der Waals surface area (Å²) in [6, 6.07) is 14.3. The van der Waals surface area contributed by atoms with Crippen molar-refractivity contribution in [2.45, 2.75) is 39.2 Å². The Morgan fingerprint density at radius 2 is 1.93 bits per heavy atom. The topological polar surface area (TPSA) is 60.9 Å². The van der Waals surface area contributed by atoms with Gasteiger partial charge in [-0.1, -0.05) is 48.0 Å². The van der Waals surface area contributed by atoms with Gasteiger partial charge in [0.25, 0.3) is 0 Å². The maximum Gasteiger partial charge on any atom is 0.225 e. The predicted molar refractivity (Wildman–Crippen MR) is 109 cm³/mol. The number of aryl methyl sites for hydroxylation is 3. The maximum absolute atomic E-state index is 13.3. The van der Waals surface area contributed by atoms with E-state index in [2.05, 4.69) is 17.2 Å². The first kappa shape index (κ1) is 20.1. The second-order valence-electron chi connectivity index (χ2n) is 6.94. The van der Waals surface area contributed by atoms with E-state index in [-0.39, 0.29) is 5.02 Å². The van der Waals surface area contributed by atoms with Gasteiger partial charge in [-0.3, -0.25) is 9.48 Å². The summed E-state index contributed by atoms with van der Waals surface area (Å²) in [5.41, 5.74) is 10.1. The Bertz CT molecular complexity index is 985. The SMILES string of the molecule is Cc1nn(CCc2ccccc2)c(C)c1C(Cc1ccc(F)cc1Cl)C(N)=O. The molecule has 2 aromatic carbocycles. The van der Waals surface area contributed by atoms with Crippen LogP contribution in [0.3, 0.4) is 0 Å². The van der Waals surface area contributed by atoms with Crippen LogP contribution >= 0.6 is 11.6 Å². The summed E-state index contributed by atoms with van der Waals surface area (Å²) in [6.45, 7) is 4.53. The van der Waals surface area contributed by atoms with Gasteiger partial charge in [0.1, 0.15) is 5.82 Å². The van der Waals surface area contributed by atoms with Gasteiger partial charge in [0.2, 0.25) is 5.91 Å². The van der Waals surface area contributed by atoms with Gasteiger partial charge in [0, 0.05) is 22.8 Å². The molecule has 0 aliphatic rings. The standard InChI is InChI=1S/C22H23ClFN3O/c1-14-21(15(2)27(26-14)11-10-16-6-4-3-5-7-16)19(22(25)28)12-17-8-9-18(24)13-20(17)23/h3-9,13,19H,10-12H2,1-2H3,(H2,25,28). The summed E-state index contributed by atoms with van der Waals surface area (Å²) >= 11 is 6.16. The molecular weight excluding hydrogens is 377 g/mol. The Kier molecular flexibility index (Phi) is 6.15. The number of hydrogen-bond donors (Lipinski definition) is 1. The number of rotatable bonds is 7. The van der Waals surface area contributed by atoms with Crippen LogP contribution in [0.5, 0.6) is 0 Å². The van der Waals surface area contributed by atoms with Crippen molar-refractivity contribution in [3.05, 3.63) is 87.4 Å². The first-order valence-electron chi connectivity index (χ1n) is 9.18. The van der Waals surface area contributed by atoms with Crippen molar-refractivity contribution < 1.29 is 9.18 Å². The number of carbonyl (C=O) groups excluding carboxylic acids is 1. The first-order valence-corrected chi connectivity index (χ1v) is 9.55. The number of nitrogens with two attached hydrogens (primary N) is 1. The third-order valence-corrected chi connectivity index (χ3v) is 5.38. The van der Waals surface area contributed by atoms with E-state index >= 15 is 0 Å². The number of carbonyl (C=O) groups is 1. The van der Waals surface area contributed by atoms with Gasteiger partial charge >= 0.3 is 0 Å². The quantitative estimate of drug-likeness (QED) is 0.642. The molecule has 1 amide bonds. The molecule has 2 N–H and O–H groups in total. The van der Waals surface area contributed by atoms with Crippen LogP contribution in [0, 0.1) is 19.7 Å². The molecule has 0 aliphatic carbocycles. The third-order valence-electron chi connectivity index (χ3n) is 5.02. The van der Waals surface area contributed by atoms with Gasteiger partial charge in [0.15, 0.2) is 0 Å². The lowest BCUT2D eigenvalue weighted by atomic mass is 9.90. The molecule has 0 bridgehead atoms. The molecule has 0 fully saturated rings. The highest BCUT2D eigenvalue weighted by molar-refractivity contribution is 6.31. The number of primary amides is 1. The van der Waals surface area contributed by atoms with Crippen molar-refractivity contribution in [2.75, 3.05) is 0 Å². The molecule has 1 unspecified atom stereocenters. The van der Waals surface area contributed by atoms with Crippen LogP contribution in [-0.2, 0) is 24.2 Å². The molecule has 6 heteroatoms. The van der Waals surface area contributed by atoms with Crippen molar-refractivity contribution in [3.63, 3.8) is 0 Å². The summed E-state index contributed by atoms with van der Waals surface area (Å²) < 4.78 is 15.2. The van der Waals surface area contributed by atoms with E-state index in [0.717, 1.165) is 23.4 Å². The van der Waals surface area contributed by atoms with Crippen LogP contribution in [0.4, 0.5) is 4.39 Å². The minimum absolute atomic E-state index is 0.290. The van der Waals surface area contributed by atoms with Crippen LogP contribution in [0.15, 0.2) is 48.5 Å². The lowest BCUT2D eigenvalue weighted by molar-refractivity contribution is -0.119. The zero-order valence-electron chi connectivity index (χ0n) is 16.0. The lowest BCUT2D eigenvalue weighted by Gasteiger charge is -2.16. The number of halogens is 2. The number of amides is 1. The molecule has 0 saturated carbocycles. The molecule has 4 nitrogen and oxygen atoms in total. The molecular formula is C22H23ClFN3O. The average molecular weight is 400 g/mol. The van der Waals surface area contributed by atoms with Gasteiger partial charge in [-0.25, -0.2) is 4.39 Å². The molecule has 1 atom stereocenters. The van der Waals surface area contributed by atoms with Gasteiger partial charge < -0.3 is 5.73 Å². The number of hydrogen-bond acceptors (Lipinski definition) is 2. The Labute approximate surface area is 169 Å². The Hall–Kier alpha value is -2.66. The van der Waals surface area contributed by atoms with Crippen LogP contribution in [0.1, 0.15) is 34.0 Å². The molecule has 0 saturated heterocycles. The van der Waals surface area contributed by atoms with Crippen LogP contribution in [0.2, 0.25) is 5.02 Å². The smallest absolute Gasteiger partial charge is 0.225 e. The fourth-order valence-electron chi connectivity index (χ4n) is 3.56. The normalized spacial score (nSPS) is 12.1. The van der Waals surface area contributed by atoms with Gasteiger partial charge in [-0.05, 0) is 49.9 Å². The molecule has 0 radical (unpaired) electrons. The number of nitrogens with zero attached hydrogens (tertiary/aromatic N) is 2. The molecule has 28 heavy (non-hydrogen) atoms. The van der Waals surface area contributed by atoms with Gasteiger partial charge in [-0.15, -0.1) is 0 Å². The second kappa shape index (κ2) is 8.57. The summed E-state index contributed by atoms with van der Waals surface area (Å²) in [6.07, 6.45) is 1.15. The Balaban J connectivity index is 1.86. The van der Waals surface area contributed by atoms with Crippen LogP contribution in [-0.4, -0.2) is 15.7 Å². The molecule has 146 valence electrons. The molecule has 3 rings (SSSR count). The highest BCUT2D eigenvalue weighted by atomic mass is 35.5. The Morgan fingerprint density at radius 3 is 2.57 bits per heavy atom. The third kappa shape index (κ3) is 4.42. The first-order chi connectivity index (χ1) is 13.4. The lowest BCUT2D eigenvalue weighted by Crippen LogP contribution is -2.24. The summed E-state index contributed by atoms with van der Waals surface area (Å²) in [5.74, 6) is -1.44. The predicted octanol–water partition coefficient (Wildman–Crippen LogP) is 4.35. The zero-order valence-corrected chi connectivity index (χ0v) is 16.7. The highest BCUT2D eigenvalue weighted by Gasteiger charge is 2.26. The van der Waals surface area contributed by atoms with E-state index in [1.165, 1.54) is 17.7 Å². The van der Waals surface area contributed by atoms with E-state index in [0.29, 0.717) is 18.5 Å². The minimum atomic E-state index is -0.576. The fourth-order valence-corrected chi connectivity index (χ4v) is 3.81. The van der Waals surface area contributed by atoms with Crippen molar-refractivity contribution in [2.24, 2.45) is 5.73 Å². The van der Waals surface area contributed by atoms with Crippen molar-refractivity contribution >= 4 is 17.5 Å². The van der Waals surface area contributed by atoms with E-state index in [1.54, 1.807) is 6.07 Å². The fraction of sp³-hybridized carbons (Fsp3) is 0.273. The van der Waals surface area contributed by atoms with Gasteiger partial charge in [-0.2, -0.15) is 5.10 Å². The highest BCUT2D eigenvalue weighted by Crippen LogP contribution is 2.30. The summed E-state index contributed by atoms with van der Waals surface area (Å²) in [5, 5.41) is 4.91. The van der Waals surface area contributed by atoms with Crippen molar-refractivity contribution in [3.8, 4) is 0 Å². The molecule has 3 aromatic rings. The summed E-state index contributed by atoms with van der Waals surface area (Å²) in [7, 11) is 0. The monoisotopic (exact) mass is 399 g/mol. The zero-order chi connectivity index (χ0) is 20.3. The molecule has 0 aliphatic heterocycles. The maximum atomic E-state index is 13.3. The molecule has 1 heterocycles. The Morgan fingerprint density at radius 1 is 1.21 bits per heavy atom. The minimum Gasteiger partial charge on any atom is -0.369 e. The van der Waals surface area contributed by atoms with E-state index in [9.17, 15) is 9.18 Å². The number of benzene rings is 2. The van der Waals surface area contributed by atoms with Crippen molar-refractivity contribution in [1.82, 2.24) is 9.78 Å². The second-order valence-corrected chi connectivity index (χ2v) is 7.35. The largest absolute Gasteiger partial charge is 0.369 e. The number of aromatic nitrogens is 2. The van der Waals surface area contributed by atoms with E-state index < -0.39 is 17.6 Å². The molecule has 0 spiro atoms. The van der Waals surface area contributed by atoms with E-state index in [4.69, 9.17) is 17.3 Å². The van der Waals surface area contributed by atoms with E-state index in [1.807, 2.05) is 36.7 Å². The average Bonchev–Trinajstić information content (AvgIpc) is 2.94. The molecule has 1 aromatic heterocycles.